The van der Waals surface area contributed by atoms with Crippen LogP contribution in [0, 0.1) is 0 Å². The molecule has 7 aromatic rings. The zero-order valence-corrected chi connectivity index (χ0v) is 21.7. The zero-order valence-electron chi connectivity index (χ0n) is 20.2. The first-order valence-electron chi connectivity index (χ1n) is 12.3. The van der Waals surface area contributed by atoms with Crippen LogP contribution in [-0.2, 0) is 0 Å². The average Bonchev–Trinajstić information content (AvgIpc) is 3.35. The first-order chi connectivity index (χ1) is 18.7. The zero-order chi connectivity index (χ0) is 25.5. The van der Waals surface area contributed by atoms with Crippen molar-refractivity contribution in [2.75, 3.05) is 0 Å². The van der Waals surface area contributed by atoms with Gasteiger partial charge in [-0.2, -0.15) is 0 Å². The lowest BCUT2D eigenvalue weighted by Gasteiger charge is -2.10. The van der Waals surface area contributed by atoms with Crippen molar-refractivity contribution in [1.29, 1.82) is 0 Å². The van der Waals surface area contributed by atoms with Crippen LogP contribution in [0.1, 0.15) is 0 Å². The summed E-state index contributed by atoms with van der Waals surface area (Å²) >= 11 is 8.50. The molecule has 0 amide bonds. The lowest BCUT2D eigenvalue weighted by molar-refractivity contribution is 1.07. The number of benzene rings is 5. The molecule has 0 N–H and O–H groups in total. The minimum Gasteiger partial charge on any atom is -0.208 e. The summed E-state index contributed by atoms with van der Waals surface area (Å²) in [6, 6.07) is 41.1. The maximum Gasteiger partial charge on any atom is 0.164 e. The summed E-state index contributed by atoms with van der Waals surface area (Å²) in [6.07, 6.45) is 0. The number of fused-ring (bicyclic) bond motifs is 3. The van der Waals surface area contributed by atoms with Gasteiger partial charge in [-0.3, -0.25) is 0 Å². The van der Waals surface area contributed by atoms with Gasteiger partial charge in [0.25, 0.3) is 0 Å². The molecule has 0 spiro atoms. The molecule has 0 radical (unpaired) electrons. The molecule has 180 valence electrons. The maximum absolute atomic E-state index is 6.69. The van der Waals surface area contributed by atoms with E-state index in [4.69, 9.17) is 26.6 Å². The van der Waals surface area contributed by atoms with Gasteiger partial charge in [0.15, 0.2) is 17.5 Å². The molecular weight excluding hydrogens is 506 g/mol. The Balaban J connectivity index is 1.39. The van der Waals surface area contributed by atoms with Crippen LogP contribution in [-0.4, -0.2) is 15.0 Å². The second-order valence-corrected chi connectivity index (χ2v) is 10.6. The Bertz CT molecular complexity index is 1870. The summed E-state index contributed by atoms with van der Waals surface area (Å²) in [5.74, 6) is 1.84. The maximum atomic E-state index is 6.69. The fourth-order valence-corrected chi connectivity index (χ4v) is 6.05. The SMILES string of the molecule is Clc1cc(-c2ccc3sc4ccccc4c3c2)cc(-c2nc(-c3ccccc3)nc(-c3ccccc3)n2)c1. The van der Waals surface area contributed by atoms with Gasteiger partial charge in [-0.15, -0.1) is 11.3 Å². The van der Waals surface area contributed by atoms with Crippen LogP contribution in [0.15, 0.2) is 121 Å². The number of thiophene rings is 1. The van der Waals surface area contributed by atoms with E-state index in [2.05, 4.69) is 48.5 Å². The van der Waals surface area contributed by atoms with Crippen LogP contribution in [0.4, 0.5) is 0 Å². The number of aromatic nitrogens is 3. The Hall–Kier alpha value is -4.38. The highest BCUT2D eigenvalue weighted by atomic mass is 35.5. The van der Waals surface area contributed by atoms with E-state index in [0.29, 0.717) is 22.5 Å². The van der Waals surface area contributed by atoms with E-state index in [9.17, 15) is 0 Å². The molecule has 0 aliphatic heterocycles. The monoisotopic (exact) mass is 525 g/mol. The standard InChI is InChI=1S/C33H20ClN3S/c34-26-18-24(23-15-16-30-28(20-23)27-13-7-8-14-29(27)38-30)17-25(19-26)33-36-31(21-9-3-1-4-10-21)35-32(37-33)22-11-5-2-6-12-22/h1-20H. The van der Waals surface area contributed by atoms with Crippen LogP contribution in [0.2, 0.25) is 5.02 Å². The Morgan fingerprint density at radius 2 is 0.974 bits per heavy atom. The first kappa shape index (κ1) is 22.8. The van der Waals surface area contributed by atoms with Crippen LogP contribution >= 0.6 is 22.9 Å². The minimum absolute atomic E-state index is 0.587. The van der Waals surface area contributed by atoms with E-state index in [0.717, 1.165) is 27.8 Å². The first-order valence-corrected chi connectivity index (χ1v) is 13.5. The smallest absolute Gasteiger partial charge is 0.164 e. The molecule has 0 unspecified atom stereocenters. The van der Waals surface area contributed by atoms with Crippen molar-refractivity contribution in [2.45, 2.75) is 0 Å². The van der Waals surface area contributed by atoms with Gasteiger partial charge in [0.1, 0.15) is 0 Å². The number of rotatable bonds is 4. The van der Waals surface area contributed by atoms with Gasteiger partial charge in [0.05, 0.1) is 0 Å². The Morgan fingerprint density at radius 1 is 0.421 bits per heavy atom. The quantitative estimate of drug-likeness (QED) is 0.229. The molecule has 2 heterocycles. The molecule has 0 saturated carbocycles. The third-order valence-corrected chi connectivity index (χ3v) is 7.94. The van der Waals surface area contributed by atoms with Gasteiger partial charge in [-0.25, -0.2) is 15.0 Å². The third kappa shape index (κ3) is 4.24. The molecule has 0 aliphatic carbocycles. The number of nitrogens with zero attached hydrogens (tertiary/aromatic N) is 3. The second kappa shape index (κ2) is 9.49. The molecular formula is C33H20ClN3S. The Kier molecular flexibility index (Phi) is 5.69. The van der Waals surface area contributed by atoms with E-state index in [1.807, 2.05) is 84.1 Å². The van der Waals surface area contributed by atoms with E-state index in [1.165, 1.54) is 20.2 Å². The van der Waals surface area contributed by atoms with Crippen molar-refractivity contribution in [3.8, 4) is 45.3 Å². The molecule has 3 nitrogen and oxygen atoms in total. The fourth-order valence-electron chi connectivity index (χ4n) is 4.73. The van der Waals surface area contributed by atoms with Gasteiger partial charge in [-0.1, -0.05) is 96.5 Å². The normalized spacial score (nSPS) is 11.3. The van der Waals surface area contributed by atoms with Gasteiger partial charge < -0.3 is 0 Å². The highest BCUT2D eigenvalue weighted by Gasteiger charge is 2.14. The molecule has 5 heteroatoms. The van der Waals surface area contributed by atoms with E-state index < -0.39 is 0 Å². The fraction of sp³-hybridized carbons (Fsp3) is 0. The lowest BCUT2D eigenvalue weighted by atomic mass is 10.0. The molecule has 38 heavy (non-hydrogen) atoms. The third-order valence-electron chi connectivity index (χ3n) is 6.57. The van der Waals surface area contributed by atoms with Crippen LogP contribution < -0.4 is 0 Å². The van der Waals surface area contributed by atoms with Gasteiger partial charge >= 0.3 is 0 Å². The van der Waals surface area contributed by atoms with Gasteiger partial charge in [-0.05, 0) is 47.5 Å². The van der Waals surface area contributed by atoms with E-state index in [1.54, 1.807) is 0 Å². The second-order valence-electron chi connectivity index (χ2n) is 9.08. The highest BCUT2D eigenvalue weighted by molar-refractivity contribution is 7.25. The lowest BCUT2D eigenvalue weighted by Crippen LogP contribution is -2.00. The van der Waals surface area contributed by atoms with Crippen molar-refractivity contribution >= 4 is 43.1 Å². The molecule has 0 atom stereocenters. The van der Waals surface area contributed by atoms with E-state index in [-0.39, 0.29) is 0 Å². The van der Waals surface area contributed by atoms with Crippen molar-refractivity contribution in [3.05, 3.63) is 126 Å². The largest absolute Gasteiger partial charge is 0.208 e. The highest BCUT2D eigenvalue weighted by Crippen LogP contribution is 2.37. The topological polar surface area (TPSA) is 38.7 Å². The van der Waals surface area contributed by atoms with Crippen molar-refractivity contribution in [3.63, 3.8) is 0 Å². The van der Waals surface area contributed by atoms with E-state index >= 15 is 0 Å². The number of hydrogen-bond donors (Lipinski definition) is 0. The summed E-state index contributed by atoms with van der Waals surface area (Å²) in [7, 11) is 0. The molecule has 2 aromatic heterocycles. The Morgan fingerprint density at radius 3 is 1.66 bits per heavy atom. The van der Waals surface area contributed by atoms with Crippen LogP contribution in [0.5, 0.6) is 0 Å². The molecule has 0 aliphatic rings. The van der Waals surface area contributed by atoms with Crippen LogP contribution in [0.3, 0.4) is 0 Å². The molecule has 5 aromatic carbocycles. The van der Waals surface area contributed by atoms with Crippen molar-refractivity contribution in [2.24, 2.45) is 0 Å². The summed E-state index contributed by atoms with van der Waals surface area (Å²) in [5.41, 5.74) is 4.84. The molecule has 7 rings (SSSR count). The summed E-state index contributed by atoms with van der Waals surface area (Å²) in [5, 5.41) is 3.16. The summed E-state index contributed by atoms with van der Waals surface area (Å²) < 4.78 is 2.56. The summed E-state index contributed by atoms with van der Waals surface area (Å²) in [6.45, 7) is 0. The number of hydrogen-bond acceptors (Lipinski definition) is 4. The van der Waals surface area contributed by atoms with Crippen LogP contribution in [0.25, 0.3) is 65.5 Å². The molecule has 0 saturated heterocycles. The van der Waals surface area contributed by atoms with Crippen molar-refractivity contribution in [1.82, 2.24) is 15.0 Å². The number of halogens is 1. The molecule has 0 bridgehead atoms. The predicted octanol–water partition coefficient (Wildman–Crippen LogP) is 9.56. The van der Waals surface area contributed by atoms with Gasteiger partial charge in [0.2, 0.25) is 0 Å². The average molecular weight is 526 g/mol. The molecule has 0 fully saturated rings. The predicted molar refractivity (Wildman–Crippen MR) is 159 cm³/mol. The summed E-state index contributed by atoms with van der Waals surface area (Å²) in [4.78, 5) is 14.6. The van der Waals surface area contributed by atoms with Crippen molar-refractivity contribution < 1.29 is 0 Å². The van der Waals surface area contributed by atoms with Gasteiger partial charge in [0, 0.05) is 41.9 Å². The minimum atomic E-state index is 0.587. The Labute approximate surface area is 229 Å².